The van der Waals surface area contributed by atoms with Crippen molar-refractivity contribution < 1.29 is 14.3 Å². The molecular formula is C8H8N6O4. The zero-order valence-electron chi connectivity index (χ0n) is 9.23. The molecule has 0 unspecified atom stereocenters. The SMILES string of the molecule is CC(=O)OCn1nnc2c(C(N)=O)ncn2c1=O. The van der Waals surface area contributed by atoms with E-state index in [1.165, 1.54) is 6.92 Å². The molecule has 0 aliphatic rings. The zero-order chi connectivity index (χ0) is 13.3. The van der Waals surface area contributed by atoms with Crippen molar-refractivity contribution in [2.24, 2.45) is 5.73 Å². The number of primary amides is 1. The quantitative estimate of drug-likeness (QED) is 0.618. The summed E-state index contributed by atoms with van der Waals surface area (Å²) < 4.78 is 6.40. The Morgan fingerprint density at radius 1 is 1.50 bits per heavy atom. The Kier molecular flexibility index (Phi) is 2.75. The summed E-state index contributed by atoms with van der Waals surface area (Å²) in [5, 5.41) is 7.12. The van der Waals surface area contributed by atoms with Crippen molar-refractivity contribution in [2.75, 3.05) is 0 Å². The van der Waals surface area contributed by atoms with Gasteiger partial charge in [-0.05, 0) is 0 Å². The largest absolute Gasteiger partial charge is 0.442 e. The van der Waals surface area contributed by atoms with Crippen molar-refractivity contribution in [1.82, 2.24) is 24.4 Å². The van der Waals surface area contributed by atoms with Crippen LogP contribution in [0.2, 0.25) is 0 Å². The highest BCUT2D eigenvalue weighted by Crippen LogP contribution is 2.00. The smallest absolute Gasteiger partial charge is 0.356 e. The number of amides is 1. The van der Waals surface area contributed by atoms with E-state index in [4.69, 9.17) is 5.73 Å². The fraction of sp³-hybridized carbons (Fsp3) is 0.250. The lowest BCUT2D eigenvalue weighted by Gasteiger charge is -2.03. The topological polar surface area (TPSA) is 134 Å². The molecule has 0 saturated carbocycles. The second kappa shape index (κ2) is 4.24. The number of fused-ring (bicyclic) bond motifs is 1. The molecule has 2 heterocycles. The van der Waals surface area contributed by atoms with Gasteiger partial charge in [0.25, 0.3) is 5.91 Å². The number of rotatable bonds is 3. The molecule has 18 heavy (non-hydrogen) atoms. The van der Waals surface area contributed by atoms with Gasteiger partial charge < -0.3 is 10.5 Å². The zero-order valence-corrected chi connectivity index (χ0v) is 9.23. The van der Waals surface area contributed by atoms with Gasteiger partial charge in [-0.3, -0.25) is 9.59 Å². The summed E-state index contributed by atoms with van der Waals surface area (Å²) in [4.78, 5) is 37.1. The molecule has 0 bridgehead atoms. The summed E-state index contributed by atoms with van der Waals surface area (Å²) in [5.41, 5.74) is 4.20. The van der Waals surface area contributed by atoms with E-state index in [9.17, 15) is 14.4 Å². The molecule has 2 rings (SSSR count). The maximum absolute atomic E-state index is 11.8. The summed E-state index contributed by atoms with van der Waals surface area (Å²) in [5.74, 6) is -1.38. The van der Waals surface area contributed by atoms with Crippen LogP contribution in [0.3, 0.4) is 0 Å². The van der Waals surface area contributed by atoms with E-state index >= 15 is 0 Å². The van der Waals surface area contributed by atoms with Crippen molar-refractivity contribution in [2.45, 2.75) is 13.7 Å². The average Bonchev–Trinajstić information content (AvgIpc) is 2.72. The molecule has 2 aromatic rings. The van der Waals surface area contributed by atoms with Crippen LogP contribution in [0.4, 0.5) is 0 Å². The lowest BCUT2D eigenvalue weighted by Crippen LogP contribution is -2.31. The van der Waals surface area contributed by atoms with Gasteiger partial charge in [0.15, 0.2) is 18.1 Å². The van der Waals surface area contributed by atoms with E-state index in [1.54, 1.807) is 0 Å². The van der Waals surface area contributed by atoms with Gasteiger partial charge in [-0.15, -0.1) is 5.10 Å². The number of aromatic nitrogens is 5. The van der Waals surface area contributed by atoms with E-state index in [0.29, 0.717) is 0 Å². The predicted molar refractivity (Wildman–Crippen MR) is 55.3 cm³/mol. The Bertz CT molecular complexity index is 686. The van der Waals surface area contributed by atoms with Crippen LogP contribution in [0, 0.1) is 0 Å². The molecule has 94 valence electrons. The summed E-state index contributed by atoms with van der Waals surface area (Å²) in [6.07, 6.45) is 1.09. The van der Waals surface area contributed by atoms with E-state index < -0.39 is 17.6 Å². The number of nitrogens with two attached hydrogens (primary N) is 1. The highest BCUT2D eigenvalue weighted by atomic mass is 16.5. The van der Waals surface area contributed by atoms with Crippen LogP contribution < -0.4 is 11.4 Å². The molecule has 0 aliphatic heterocycles. The van der Waals surface area contributed by atoms with Crippen molar-refractivity contribution >= 4 is 17.5 Å². The summed E-state index contributed by atoms with van der Waals surface area (Å²) in [7, 11) is 0. The number of esters is 1. The van der Waals surface area contributed by atoms with Crippen LogP contribution in [0.25, 0.3) is 5.65 Å². The summed E-state index contributed by atoms with van der Waals surface area (Å²) >= 11 is 0. The molecule has 2 N–H and O–H groups in total. The number of carbonyl (C=O) groups excluding carboxylic acids is 2. The fourth-order valence-corrected chi connectivity index (χ4v) is 1.24. The van der Waals surface area contributed by atoms with Crippen LogP contribution in [-0.2, 0) is 16.3 Å². The lowest BCUT2D eigenvalue weighted by atomic mass is 10.4. The molecule has 0 spiro atoms. The molecule has 0 radical (unpaired) electrons. The van der Waals surface area contributed by atoms with Gasteiger partial charge in [-0.2, -0.15) is 4.68 Å². The Labute approximate surface area is 99.0 Å². The van der Waals surface area contributed by atoms with Crippen molar-refractivity contribution in [3.8, 4) is 0 Å². The molecule has 0 saturated heterocycles. The lowest BCUT2D eigenvalue weighted by molar-refractivity contribution is -0.145. The monoisotopic (exact) mass is 252 g/mol. The second-order valence-corrected chi connectivity index (χ2v) is 3.29. The van der Waals surface area contributed by atoms with Crippen molar-refractivity contribution in [1.29, 1.82) is 0 Å². The van der Waals surface area contributed by atoms with Crippen LogP contribution in [0.5, 0.6) is 0 Å². The van der Waals surface area contributed by atoms with E-state index in [0.717, 1.165) is 15.4 Å². The predicted octanol–water partition coefficient (Wildman–Crippen LogP) is -2.09. The van der Waals surface area contributed by atoms with Crippen LogP contribution in [-0.4, -0.2) is 36.3 Å². The van der Waals surface area contributed by atoms with Crippen LogP contribution >= 0.6 is 0 Å². The minimum absolute atomic E-state index is 0.0495. The number of nitrogens with zero attached hydrogens (tertiary/aromatic N) is 5. The van der Waals surface area contributed by atoms with Gasteiger partial charge in [0.2, 0.25) is 0 Å². The number of carbonyl (C=O) groups is 2. The fourth-order valence-electron chi connectivity index (χ4n) is 1.24. The minimum Gasteiger partial charge on any atom is -0.442 e. The normalized spacial score (nSPS) is 10.5. The Hall–Kier alpha value is -2.78. The Morgan fingerprint density at radius 2 is 2.22 bits per heavy atom. The minimum atomic E-state index is -0.816. The third-order valence-corrected chi connectivity index (χ3v) is 2.04. The first kappa shape index (κ1) is 11.7. The molecular weight excluding hydrogens is 244 g/mol. The van der Waals surface area contributed by atoms with Gasteiger partial charge in [0, 0.05) is 6.92 Å². The van der Waals surface area contributed by atoms with Crippen LogP contribution in [0.15, 0.2) is 11.1 Å². The van der Waals surface area contributed by atoms with E-state index in [1.807, 2.05) is 0 Å². The van der Waals surface area contributed by atoms with Gasteiger partial charge in [0.1, 0.15) is 6.33 Å². The first-order valence-corrected chi connectivity index (χ1v) is 4.74. The summed E-state index contributed by atoms with van der Waals surface area (Å²) in [6, 6.07) is 0. The van der Waals surface area contributed by atoms with Crippen molar-refractivity contribution in [3.05, 3.63) is 22.5 Å². The van der Waals surface area contributed by atoms with Crippen LogP contribution in [0.1, 0.15) is 17.4 Å². The van der Waals surface area contributed by atoms with Gasteiger partial charge in [-0.1, -0.05) is 5.21 Å². The second-order valence-electron chi connectivity index (χ2n) is 3.29. The number of ether oxygens (including phenoxy) is 1. The highest BCUT2D eigenvalue weighted by Gasteiger charge is 2.15. The van der Waals surface area contributed by atoms with Gasteiger partial charge in [0.05, 0.1) is 0 Å². The standard InChI is InChI=1S/C8H8N6O4/c1-4(15)18-3-14-8(17)13-2-10-5(6(9)16)7(13)11-12-14/h2H,3H2,1H3,(H2,9,16). The Morgan fingerprint density at radius 3 is 2.83 bits per heavy atom. The first-order valence-electron chi connectivity index (χ1n) is 4.74. The number of hydrogen-bond acceptors (Lipinski definition) is 7. The molecule has 10 heteroatoms. The molecule has 2 aromatic heterocycles. The molecule has 0 fully saturated rings. The number of imidazole rings is 1. The van der Waals surface area contributed by atoms with E-state index in [2.05, 4.69) is 20.0 Å². The average molecular weight is 252 g/mol. The summed E-state index contributed by atoms with van der Waals surface area (Å²) in [6.45, 7) is 0.820. The molecule has 10 nitrogen and oxygen atoms in total. The number of hydrogen-bond donors (Lipinski definition) is 1. The molecule has 1 amide bonds. The van der Waals surface area contributed by atoms with Gasteiger partial charge in [-0.25, -0.2) is 14.2 Å². The third-order valence-electron chi connectivity index (χ3n) is 2.04. The first-order chi connectivity index (χ1) is 8.50. The van der Waals surface area contributed by atoms with E-state index in [-0.39, 0.29) is 18.1 Å². The van der Waals surface area contributed by atoms with Gasteiger partial charge >= 0.3 is 11.7 Å². The highest BCUT2D eigenvalue weighted by molar-refractivity contribution is 5.96. The Balaban J connectivity index is 2.49. The molecule has 0 atom stereocenters. The third kappa shape index (κ3) is 1.90. The molecule has 0 aromatic carbocycles. The maximum atomic E-state index is 11.8. The molecule has 0 aliphatic carbocycles. The maximum Gasteiger partial charge on any atom is 0.356 e. The van der Waals surface area contributed by atoms with Crippen molar-refractivity contribution in [3.63, 3.8) is 0 Å².